The van der Waals surface area contributed by atoms with Gasteiger partial charge in [0.15, 0.2) is 0 Å². The number of ether oxygens (including phenoxy) is 1. The topological polar surface area (TPSA) is 69.4 Å². The first-order chi connectivity index (χ1) is 12.6. The Morgan fingerprint density at radius 2 is 1.81 bits per heavy atom. The quantitative estimate of drug-likeness (QED) is 0.406. The molecule has 1 aromatic carbocycles. The number of nitro groups is 1. The number of rotatable bonds is 3. The van der Waals surface area contributed by atoms with Crippen LogP contribution >= 0.6 is 0 Å². The number of hydrogen-bond acceptors (Lipinski definition) is 4. The highest BCUT2D eigenvalue weighted by molar-refractivity contribution is 5.90. The molecule has 27 heavy (non-hydrogen) atoms. The van der Waals surface area contributed by atoms with Crippen LogP contribution in [0.5, 0.6) is 0 Å². The third kappa shape index (κ3) is 2.46. The molecule has 0 spiro atoms. The van der Waals surface area contributed by atoms with Crippen LogP contribution in [-0.4, -0.2) is 16.5 Å². The molecule has 5 nitrogen and oxygen atoms in total. The van der Waals surface area contributed by atoms with Crippen molar-refractivity contribution < 1.29 is 14.5 Å². The summed E-state index contributed by atoms with van der Waals surface area (Å²) >= 11 is 0. The summed E-state index contributed by atoms with van der Waals surface area (Å²) in [6.45, 7) is 9.28. The minimum absolute atomic E-state index is 0.0109. The molecule has 1 aromatic rings. The summed E-state index contributed by atoms with van der Waals surface area (Å²) in [6, 6.07) is 5.79. The Morgan fingerprint density at radius 1 is 1.15 bits per heavy atom. The maximum absolute atomic E-state index is 13.1. The Morgan fingerprint density at radius 3 is 2.44 bits per heavy atom. The predicted molar refractivity (Wildman–Crippen MR) is 102 cm³/mol. The zero-order chi connectivity index (χ0) is 19.6. The van der Waals surface area contributed by atoms with Gasteiger partial charge in [-0.1, -0.05) is 27.7 Å². The predicted octanol–water partition coefficient (Wildman–Crippen LogP) is 5.38. The lowest BCUT2D eigenvalue weighted by Gasteiger charge is -2.51. The van der Waals surface area contributed by atoms with Crippen LogP contribution in [0.1, 0.15) is 70.2 Å². The first kappa shape index (κ1) is 18.5. The summed E-state index contributed by atoms with van der Waals surface area (Å²) in [7, 11) is 0. The molecule has 0 bridgehead atoms. The van der Waals surface area contributed by atoms with Crippen molar-refractivity contribution in [2.45, 2.75) is 65.4 Å². The lowest BCUT2D eigenvalue weighted by atomic mass is 9.60. The van der Waals surface area contributed by atoms with E-state index in [0.717, 1.165) is 25.7 Å². The number of nitro benzene ring substituents is 1. The SMILES string of the molecule is C[C@@H]1CC[C@H]2C(C)(C)C[C@]3(C)CC[C@@H]1[C@@]23OC(=O)c1ccc([N+](=O)[O-])cc1. The van der Waals surface area contributed by atoms with Gasteiger partial charge < -0.3 is 4.74 Å². The van der Waals surface area contributed by atoms with E-state index in [9.17, 15) is 14.9 Å². The van der Waals surface area contributed by atoms with Gasteiger partial charge in [-0.25, -0.2) is 4.79 Å². The summed E-state index contributed by atoms with van der Waals surface area (Å²) in [6.07, 6.45) is 5.62. The second-order valence-electron chi connectivity index (χ2n) is 9.97. The van der Waals surface area contributed by atoms with Crippen LogP contribution < -0.4 is 0 Å². The van der Waals surface area contributed by atoms with Crippen LogP contribution in [0.15, 0.2) is 24.3 Å². The number of carbonyl (C=O) groups excluding carboxylic acids is 1. The maximum atomic E-state index is 13.1. The summed E-state index contributed by atoms with van der Waals surface area (Å²) in [5, 5.41) is 10.9. The molecule has 5 heteroatoms. The van der Waals surface area contributed by atoms with Crippen LogP contribution in [0.25, 0.3) is 0 Å². The van der Waals surface area contributed by atoms with E-state index >= 15 is 0 Å². The van der Waals surface area contributed by atoms with E-state index in [-0.39, 0.29) is 22.5 Å². The van der Waals surface area contributed by atoms with E-state index < -0.39 is 10.5 Å². The second kappa shape index (κ2) is 5.79. The van der Waals surface area contributed by atoms with Crippen molar-refractivity contribution >= 4 is 11.7 Å². The van der Waals surface area contributed by atoms with Gasteiger partial charge in [-0.3, -0.25) is 10.1 Å². The fourth-order valence-corrected chi connectivity index (χ4v) is 7.09. The van der Waals surface area contributed by atoms with Crippen molar-refractivity contribution in [1.29, 1.82) is 0 Å². The smallest absolute Gasteiger partial charge is 0.338 e. The highest BCUT2D eigenvalue weighted by Gasteiger charge is 2.74. The molecule has 0 radical (unpaired) electrons. The van der Waals surface area contributed by atoms with Gasteiger partial charge in [0.25, 0.3) is 5.69 Å². The molecule has 5 atom stereocenters. The third-order valence-electron chi connectivity index (χ3n) is 7.98. The van der Waals surface area contributed by atoms with Gasteiger partial charge in [0.2, 0.25) is 0 Å². The van der Waals surface area contributed by atoms with E-state index in [4.69, 9.17) is 4.74 Å². The summed E-state index contributed by atoms with van der Waals surface area (Å²) < 4.78 is 6.48. The molecule has 0 amide bonds. The Kier molecular flexibility index (Phi) is 3.96. The zero-order valence-electron chi connectivity index (χ0n) is 16.7. The molecule has 0 saturated heterocycles. The lowest BCUT2D eigenvalue weighted by Crippen LogP contribution is -2.56. The number of non-ortho nitro benzene ring substituents is 1. The summed E-state index contributed by atoms with van der Waals surface area (Å²) in [4.78, 5) is 23.5. The average molecular weight is 371 g/mol. The largest absolute Gasteiger partial charge is 0.454 e. The van der Waals surface area contributed by atoms with E-state index in [2.05, 4.69) is 27.7 Å². The van der Waals surface area contributed by atoms with Gasteiger partial charge in [0.05, 0.1) is 10.5 Å². The van der Waals surface area contributed by atoms with Crippen molar-refractivity contribution in [2.24, 2.45) is 28.6 Å². The van der Waals surface area contributed by atoms with Crippen molar-refractivity contribution in [3.05, 3.63) is 39.9 Å². The standard InChI is InChI=1S/C22H29NO4/c1-14-5-10-18-20(2,3)13-21(4)12-11-17(14)22(18,21)27-19(24)15-6-8-16(9-7-15)23(25)26/h6-9,14,17-18H,5,10-13H2,1-4H3/t14-,17+,18+,21+,22-/m1/s1. The first-order valence-corrected chi connectivity index (χ1v) is 10.1. The molecular formula is C22H29NO4. The molecule has 4 rings (SSSR count). The molecule has 0 aliphatic heterocycles. The monoisotopic (exact) mass is 371 g/mol. The summed E-state index contributed by atoms with van der Waals surface area (Å²) in [5.74, 6) is 1.01. The molecule has 3 aliphatic carbocycles. The normalized spacial score (nSPS) is 39.0. The Labute approximate surface area is 160 Å². The fourth-order valence-electron chi connectivity index (χ4n) is 7.09. The molecule has 0 aromatic heterocycles. The van der Waals surface area contributed by atoms with Gasteiger partial charge in [-0.15, -0.1) is 0 Å². The van der Waals surface area contributed by atoms with E-state index in [1.165, 1.54) is 30.7 Å². The van der Waals surface area contributed by atoms with Crippen LogP contribution in [0.2, 0.25) is 0 Å². The molecule has 146 valence electrons. The van der Waals surface area contributed by atoms with Gasteiger partial charge >= 0.3 is 5.97 Å². The minimum atomic E-state index is -0.451. The Balaban J connectivity index is 1.71. The van der Waals surface area contributed by atoms with Gasteiger partial charge in [-0.05, 0) is 55.6 Å². The average Bonchev–Trinajstić information content (AvgIpc) is 2.96. The maximum Gasteiger partial charge on any atom is 0.338 e. The molecule has 3 aliphatic rings. The number of esters is 1. The molecule has 3 fully saturated rings. The molecular weight excluding hydrogens is 342 g/mol. The highest BCUT2D eigenvalue weighted by Crippen LogP contribution is 2.73. The first-order valence-electron chi connectivity index (χ1n) is 10.1. The van der Waals surface area contributed by atoms with Crippen LogP contribution in [0.4, 0.5) is 5.69 Å². The molecule has 3 saturated carbocycles. The van der Waals surface area contributed by atoms with Crippen molar-refractivity contribution in [3.63, 3.8) is 0 Å². The fraction of sp³-hybridized carbons (Fsp3) is 0.682. The third-order valence-corrected chi connectivity index (χ3v) is 7.98. The number of carbonyl (C=O) groups is 1. The summed E-state index contributed by atoms with van der Waals surface area (Å²) in [5.41, 5.74) is 0.148. The van der Waals surface area contributed by atoms with E-state index in [1.807, 2.05) is 0 Å². The molecule has 0 N–H and O–H groups in total. The highest BCUT2D eigenvalue weighted by atomic mass is 16.6. The van der Waals surface area contributed by atoms with E-state index in [1.54, 1.807) is 0 Å². The van der Waals surface area contributed by atoms with Crippen LogP contribution in [0.3, 0.4) is 0 Å². The minimum Gasteiger partial charge on any atom is -0.454 e. The van der Waals surface area contributed by atoms with Crippen molar-refractivity contribution in [3.8, 4) is 0 Å². The molecule has 0 heterocycles. The Hall–Kier alpha value is -1.91. The zero-order valence-corrected chi connectivity index (χ0v) is 16.7. The lowest BCUT2D eigenvalue weighted by molar-refractivity contribution is -0.384. The molecule has 0 unspecified atom stereocenters. The number of hydrogen-bond donors (Lipinski definition) is 0. The second-order valence-corrected chi connectivity index (χ2v) is 9.97. The van der Waals surface area contributed by atoms with Gasteiger partial charge in [-0.2, -0.15) is 0 Å². The van der Waals surface area contributed by atoms with Gasteiger partial charge in [0.1, 0.15) is 5.60 Å². The van der Waals surface area contributed by atoms with Gasteiger partial charge in [0, 0.05) is 29.4 Å². The van der Waals surface area contributed by atoms with E-state index in [0.29, 0.717) is 23.3 Å². The van der Waals surface area contributed by atoms with Crippen LogP contribution in [-0.2, 0) is 4.74 Å². The number of nitrogens with zero attached hydrogens (tertiary/aromatic N) is 1. The van der Waals surface area contributed by atoms with Crippen molar-refractivity contribution in [2.75, 3.05) is 0 Å². The number of benzene rings is 1. The van der Waals surface area contributed by atoms with Crippen LogP contribution in [0, 0.1) is 38.7 Å². The van der Waals surface area contributed by atoms with Crippen molar-refractivity contribution in [1.82, 2.24) is 0 Å². The Bertz CT molecular complexity index is 786.